The van der Waals surface area contributed by atoms with E-state index in [0.717, 1.165) is 40.9 Å². The summed E-state index contributed by atoms with van der Waals surface area (Å²) in [6.45, 7) is 0. The van der Waals surface area contributed by atoms with Crippen molar-refractivity contribution in [2.24, 2.45) is 0 Å². The highest BCUT2D eigenvalue weighted by atomic mass is 35.5. The first-order valence-corrected chi connectivity index (χ1v) is 7.23. The standard InChI is InChI=1S/C18H15ClO2/c1-21-16-9-6-13-4-5-14(18(20)17(13)11-16)10-12-2-7-15(19)8-3-12/h2-3,6-11H,4-5H2,1H3. The molecule has 0 fully saturated rings. The van der Waals surface area contributed by atoms with Gasteiger partial charge in [0.15, 0.2) is 5.78 Å². The molecule has 0 atom stereocenters. The van der Waals surface area contributed by atoms with E-state index in [1.165, 1.54) is 0 Å². The van der Waals surface area contributed by atoms with E-state index in [-0.39, 0.29) is 5.78 Å². The molecular weight excluding hydrogens is 284 g/mol. The summed E-state index contributed by atoms with van der Waals surface area (Å²) in [4.78, 5) is 12.6. The first-order valence-electron chi connectivity index (χ1n) is 6.85. The number of aryl methyl sites for hydroxylation is 1. The SMILES string of the molecule is COc1ccc2c(c1)C(=O)C(=Cc1ccc(Cl)cc1)CC2. The highest BCUT2D eigenvalue weighted by Gasteiger charge is 2.22. The van der Waals surface area contributed by atoms with E-state index >= 15 is 0 Å². The number of rotatable bonds is 2. The van der Waals surface area contributed by atoms with Gasteiger partial charge in [0, 0.05) is 16.2 Å². The summed E-state index contributed by atoms with van der Waals surface area (Å²) in [5.74, 6) is 0.806. The number of benzene rings is 2. The van der Waals surface area contributed by atoms with Crippen LogP contribution in [0.25, 0.3) is 6.08 Å². The van der Waals surface area contributed by atoms with Crippen molar-refractivity contribution in [1.29, 1.82) is 0 Å². The number of ether oxygens (including phenoxy) is 1. The molecule has 0 radical (unpaired) electrons. The normalized spacial score (nSPS) is 15.9. The molecule has 106 valence electrons. The molecule has 0 spiro atoms. The molecule has 21 heavy (non-hydrogen) atoms. The molecule has 0 saturated heterocycles. The summed E-state index contributed by atoms with van der Waals surface area (Å²) in [7, 11) is 1.61. The Kier molecular flexibility index (Phi) is 3.80. The second-order valence-corrected chi connectivity index (χ2v) is 5.51. The molecule has 0 amide bonds. The van der Waals surface area contributed by atoms with Gasteiger partial charge in [0.2, 0.25) is 0 Å². The van der Waals surface area contributed by atoms with Crippen LogP contribution in [0, 0.1) is 0 Å². The van der Waals surface area contributed by atoms with Crippen LogP contribution in [0.4, 0.5) is 0 Å². The molecule has 0 saturated carbocycles. The van der Waals surface area contributed by atoms with E-state index in [0.29, 0.717) is 5.02 Å². The lowest BCUT2D eigenvalue weighted by Gasteiger charge is -2.18. The van der Waals surface area contributed by atoms with Crippen molar-refractivity contribution in [2.45, 2.75) is 12.8 Å². The average Bonchev–Trinajstić information content (AvgIpc) is 2.52. The lowest BCUT2D eigenvalue weighted by Crippen LogP contribution is -2.14. The van der Waals surface area contributed by atoms with Crippen molar-refractivity contribution in [3.8, 4) is 5.75 Å². The van der Waals surface area contributed by atoms with Gasteiger partial charge in [0.25, 0.3) is 0 Å². The third-order valence-corrected chi connectivity index (χ3v) is 3.98. The van der Waals surface area contributed by atoms with Gasteiger partial charge in [-0.25, -0.2) is 0 Å². The number of allylic oxidation sites excluding steroid dienone is 1. The molecule has 2 aromatic carbocycles. The van der Waals surface area contributed by atoms with Gasteiger partial charge in [-0.1, -0.05) is 29.8 Å². The zero-order chi connectivity index (χ0) is 14.8. The van der Waals surface area contributed by atoms with E-state index in [4.69, 9.17) is 16.3 Å². The molecule has 0 N–H and O–H groups in total. The van der Waals surface area contributed by atoms with Crippen LogP contribution >= 0.6 is 11.6 Å². The number of Topliss-reactive ketones (excluding diaryl/α,β-unsaturated/α-hetero) is 1. The average molecular weight is 299 g/mol. The van der Waals surface area contributed by atoms with Crippen LogP contribution in [0.1, 0.15) is 27.9 Å². The van der Waals surface area contributed by atoms with E-state index < -0.39 is 0 Å². The lowest BCUT2D eigenvalue weighted by atomic mass is 9.86. The summed E-state index contributed by atoms with van der Waals surface area (Å²) in [5, 5.41) is 0.696. The first-order chi connectivity index (χ1) is 10.2. The van der Waals surface area contributed by atoms with Crippen molar-refractivity contribution < 1.29 is 9.53 Å². The molecule has 1 aliphatic rings. The maximum absolute atomic E-state index is 12.6. The molecule has 3 heteroatoms. The zero-order valence-corrected chi connectivity index (χ0v) is 12.5. The second kappa shape index (κ2) is 5.74. The van der Waals surface area contributed by atoms with Gasteiger partial charge in [-0.05, 0) is 54.3 Å². The van der Waals surface area contributed by atoms with Gasteiger partial charge in [-0.2, -0.15) is 0 Å². The summed E-state index contributed by atoms with van der Waals surface area (Å²) in [6.07, 6.45) is 3.59. The minimum Gasteiger partial charge on any atom is -0.497 e. The first kappa shape index (κ1) is 13.9. The van der Waals surface area contributed by atoms with Crippen LogP contribution in [0.15, 0.2) is 48.0 Å². The molecular formula is C18H15ClO2. The number of carbonyl (C=O) groups is 1. The third kappa shape index (κ3) is 2.86. The predicted octanol–water partition coefficient (Wildman–Crippen LogP) is 4.56. The molecule has 0 aromatic heterocycles. The van der Waals surface area contributed by atoms with Gasteiger partial charge in [-0.3, -0.25) is 4.79 Å². The van der Waals surface area contributed by atoms with Gasteiger partial charge in [-0.15, -0.1) is 0 Å². The topological polar surface area (TPSA) is 26.3 Å². The molecule has 2 aromatic rings. The molecule has 0 unspecified atom stereocenters. The highest BCUT2D eigenvalue weighted by Crippen LogP contribution is 2.29. The van der Waals surface area contributed by atoms with Gasteiger partial charge in [0.1, 0.15) is 5.75 Å². The Hall–Kier alpha value is -2.06. The number of methoxy groups -OCH3 is 1. The Bertz CT molecular complexity index is 714. The summed E-state index contributed by atoms with van der Waals surface area (Å²) in [5.41, 5.74) is 3.67. The van der Waals surface area contributed by atoms with Crippen molar-refractivity contribution >= 4 is 23.5 Å². The largest absolute Gasteiger partial charge is 0.497 e. The van der Waals surface area contributed by atoms with Crippen LogP contribution in [-0.4, -0.2) is 12.9 Å². The van der Waals surface area contributed by atoms with Crippen molar-refractivity contribution in [3.05, 3.63) is 69.8 Å². The maximum atomic E-state index is 12.6. The Labute approximate surface area is 129 Å². The Morgan fingerprint density at radius 1 is 1.10 bits per heavy atom. The maximum Gasteiger partial charge on any atom is 0.189 e. The monoisotopic (exact) mass is 298 g/mol. The van der Waals surface area contributed by atoms with E-state index in [2.05, 4.69) is 0 Å². The Balaban J connectivity index is 1.96. The molecule has 3 rings (SSSR count). The van der Waals surface area contributed by atoms with Crippen LogP contribution in [0.2, 0.25) is 5.02 Å². The predicted molar refractivity (Wildman–Crippen MR) is 85.1 cm³/mol. The minimum absolute atomic E-state index is 0.0881. The van der Waals surface area contributed by atoms with E-state index in [1.807, 2.05) is 48.5 Å². The van der Waals surface area contributed by atoms with E-state index in [9.17, 15) is 4.79 Å². The minimum atomic E-state index is 0.0881. The highest BCUT2D eigenvalue weighted by molar-refractivity contribution is 6.30. The van der Waals surface area contributed by atoms with Gasteiger partial charge >= 0.3 is 0 Å². The fourth-order valence-corrected chi connectivity index (χ4v) is 2.69. The summed E-state index contributed by atoms with van der Waals surface area (Å²) in [6, 6.07) is 13.2. The second-order valence-electron chi connectivity index (χ2n) is 5.07. The van der Waals surface area contributed by atoms with Gasteiger partial charge < -0.3 is 4.74 Å². The number of hydrogen-bond donors (Lipinski definition) is 0. The van der Waals surface area contributed by atoms with Crippen molar-refractivity contribution in [1.82, 2.24) is 0 Å². The van der Waals surface area contributed by atoms with Crippen molar-refractivity contribution in [3.63, 3.8) is 0 Å². The molecule has 2 nitrogen and oxygen atoms in total. The smallest absolute Gasteiger partial charge is 0.189 e. The summed E-state index contributed by atoms with van der Waals surface area (Å²) >= 11 is 5.88. The lowest BCUT2D eigenvalue weighted by molar-refractivity contribution is 0.102. The van der Waals surface area contributed by atoms with Gasteiger partial charge in [0.05, 0.1) is 7.11 Å². The van der Waals surface area contributed by atoms with Crippen LogP contribution in [-0.2, 0) is 6.42 Å². The molecule has 0 aliphatic heterocycles. The number of fused-ring (bicyclic) bond motifs is 1. The van der Waals surface area contributed by atoms with E-state index in [1.54, 1.807) is 7.11 Å². The Morgan fingerprint density at radius 2 is 1.86 bits per heavy atom. The Morgan fingerprint density at radius 3 is 2.57 bits per heavy atom. The molecule has 0 heterocycles. The fourth-order valence-electron chi connectivity index (χ4n) is 2.57. The number of ketones is 1. The van der Waals surface area contributed by atoms with Crippen LogP contribution in [0.5, 0.6) is 5.75 Å². The number of carbonyl (C=O) groups excluding carboxylic acids is 1. The quantitative estimate of drug-likeness (QED) is 0.760. The number of halogens is 1. The fraction of sp³-hybridized carbons (Fsp3) is 0.167. The third-order valence-electron chi connectivity index (χ3n) is 3.73. The van der Waals surface area contributed by atoms with Crippen molar-refractivity contribution in [2.75, 3.05) is 7.11 Å². The molecule has 0 bridgehead atoms. The zero-order valence-electron chi connectivity index (χ0n) is 11.7. The molecule has 1 aliphatic carbocycles. The van der Waals surface area contributed by atoms with Crippen LogP contribution in [0.3, 0.4) is 0 Å². The van der Waals surface area contributed by atoms with Crippen LogP contribution < -0.4 is 4.74 Å². The summed E-state index contributed by atoms with van der Waals surface area (Å²) < 4.78 is 5.21. The number of hydrogen-bond acceptors (Lipinski definition) is 2.